The quantitative estimate of drug-likeness (QED) is 0.817. The van der Waals surface area contributed by atoms with Gasteiger partial charge in [-0.3, -0.25) is 9.59 Å². The lowest BCUT2D eigenvalue weighted by molar-refractivity contribution is -0.184. The molecule has 0 aromatic heterocycles. The third-order valence-corrected chi connectivity index (χ3v) is 4.03. The monoisotopic (exact) mass is 395 g/mol. The largest absolute Gasteiger partial charge is 0.471 e. The summed E-state index contributed by atoms with van der Waals surface area (Å²) in [6.07, 6.45) is -4.14. The molecule has 0 saturated carbocycles. The molecule has 0 aliphatic carbocycles. The van der Waals surface area contributed by atoms with Gasteiger partial charge in [-0.2, -0.15) is 13.2 Å². The van der Waals surface area contributed by atoms with E-state index in [0.29, 0.717) is 42.2 Å². The van der Waals surface area contributed by atoms with Crippen molar-refractivity contribution in [2.75, 3.05) is 25.6 Å². The van der Waals surface area contributed by atoms with E-state index >= 15 is 0 Å². The number of halogens is 4. The number of hydrogen-bond acceptors (Lipinski definition) is 4. The lowest BCUT2D eigenvalue weighted by Crippen LogP contribution is -2.54. The smallest absolute Gasteiger partial charge is 0.381 e. The van der Waals surface area contributed by atoms with Crippen molar-refractivity contribution in [3.8, 4) is 0 Å². The zero-order valence-electron chi connectivity index (χ0n) is 14.1. The fourth-order valence-corrected chi connectivity index (χ4v) is 2.53. The molecule has 2 rings (SSSR count). The molecule has 1 aliphatic rings. The molecule has 1 fully saturated rings. The van der Waals surface area contributed by atoms with Crippen molar-refractivity contribution in [1.82, 2.24) is 4.90 Å². The number of carbonyl (C=O) groups excluding carboxylic acids is 2. The molecule has 1 aromatic carbocycles. The summed E-state index contributed by atoms with van der Waals surface area (Å²) in [7, 11) is 1.07. The van der Waals surface area contributed by atoms with Crippen molar-refractivity contribution in [1.29, 1.82) is 0 Å². The van der Waals surface area contributed by atoms with Gasteiger partial charge >= 0.3 is 12.1 Å². The van der Waals surface area contributed by atoms with Crippen LogP contribution in [0.4, 0.5) is 18.9 Å². The van der Waals surface area contributed by atoms with Gasteiger partial charge in [-0.1, -0.05) is 12.1 Å². The summed E-state index contributed by atoms with van der Waals surface area (Å²) in [5.41, 5.74) is 5.92. The SMILES string of the molecule is CN(Cc1cccc(NC(=O)C2(N)CCOCC2)c1)C(=O)C(F)(F)F.Cl. The van der Waals surface area contributed by atoms with Gasteiger partial charge in [0.15, 0.2) is 0 Å². The van der Waals surface area contributed by atoms with Crippen molar-refractivity contribution in [2.24, 2.45) is 5.73 Å². The van der Waals surface area contributed by atoms with Crippen LogP contribution >= 0.6 is 12.4 Å². The minimum absolute atomic E-state index is 0. The standard InChI is InChI=1S/C16H20F3N3O3.ClH/c1-22(14(24)16(17,18)19)10-11-3-2-4-12(9-11)21-13(23)15(20)5-7-25-8-6-15;/h2-4,9H,5-8,10,20H2,1H3,(H,21,23);1H. The number of benzene rings is 1. The molecule has 0 spiro atoms. The Morgan fingerprint density at radius 3 is 2.50 bits per heavy atom. The van der Waals surface area contributed by atoms with E-state index in [2.05, 4.69) is 5.32 Å². The third-order valence-electron chi connectivity index (χ3n) is 4.03. The first-order valence-electron chi connectivity index (χ1n) is 7.71. The van der Waals surface area contributed by atoms with E-state index < -0.39 is 17.6 Å². The highest BCUT2D eigenvalue weighted by Crippen LogP contribution is 2.22. The van der Waals surface area contributed by atoms with Crippen LogP contribution in [0.1, 0.15) is 18.4 Å². The molecule has 1 aliphatic heterocycles. The summed E-state index contributed by atoms with van der Waals surface area (Å²) in [5, 5.41) is 2.68. The van der Waals surface area contributed by atoms with Gasteiger partial charge in [-0.15, -0.1) is 12.4 Å². The van der Waals surface area contributed by atoms with Crippen LogP contribution in [-0.4, -0.2) is 48.7 Å². The zero-order chi connectivity index (χ0) is 18.7. The second-order valence-corrected chi connectivity index (χ2v) is 6.08. The molecule has 0 radical (unpaired) electrons. The van der Waals surface area contributed by atoms with E-state index in [4.69, 9.17) is 10.5 Å². The van der Waals surface area contributed by atoms with Crippen molar-refractivity contribution in [3.63, 3.8) is 0 Å². The van der Waals surface area contributed by atoms with Gasteiger partial charge in [0.25, 0.3) is 0 Å². The fourth-order valence-electron chi connectivity index (χ4n) is 2.53. The second kappa shape index (κ2) is 8.70. The van der Waals surface area contributed by atoms with Crippen molar-refractivity contribution < 1.29 is 27.5 Å². The van der Waals surface area contributed by atoms with Crippen LogP contribution in [-0.2, 0) is 20.9 Å². The minimum Gasteiger partial charge on any atom is -0.381 e. The van der Waals surface area contributed by atoms with Gasteiger partial charge in [-0.25, -0.2) is 0 Å². The van der Waals surface area contributed by atoms with Gasteiger partial charge in [0.2, 0.25) is 5.91 Å². The summed E-state index contributed by atoms with van der Waals surface area (Å²) in [6.45, 7) is 0.562. The summed E-state index contributed by atoms with van der Waals surface area (Å²) >= 11 is 0. The molecule has 6 nitrogen and oxygen atoms in total. The lowest BCUT2D eigenvalue weighted by atomic mass is 9.90. The van der Waals surface area contributed by atoms with Crippen LogP contribution in [0.5, 0.6) is 0 Å². The highest BCUT2D eigenvalue weighted by molar-refractivity contribution is 5.98. The first-order valence-corrected chi connectivity index (χ1v) is 7.71. The second-order valence-electron chi connectivity index (χ2n) is 6.08. The molecule has 26 heavy (non-hydrogen) atoms. The molecule has 1 heterocycles. The maximum atomic E-state index is 12.4. The van der Waals surface area contributed by atoms with Crippen LogP contribution < -0.4 is 11.1 Å². The van der Waals surface area contributed by atoms with E-state index in [1.807, 2.05) is 0 Å². The summed E-state index contributed by atoms with van der Waals surface area (Å²) in [4.78, 5) is 24.1. The Balaban J connectivity index is 0.00000338. The summed E-state index contributed by atoms with van der Waals surface area (Å²) < 4.78 is 42.5. The van der Waals surface area contributed by atoms with Crippen molar-refractivity contribution >= 4 is 29.9 Å². The molecule has 0 atom stereocenters. The third kappa shape index (κ3) is 5.58. The highest BCUT2D eigenvalue weighted by atomic mass is 35.5. The Kier molecular flexibility index (Phi) is 7.43. The maximum absolute atomic E-state index is 12.4. The molecule has 1 saturated heterocycles. The van der Waals surface area contributed by atoms with E-state index in [-0.39, 0.29) is 24.9 Å². The number of alkyl halides is 3. The van der Waals surface area contributed by atoms with Crippen LogP contribution in [0, 0.1) is 0 Å². The number of nitrogens with one attached hydrogen (secondary N) is 1. The molecule has 0 bridgehead atoms. The molecule has 2 amide bonds. The van der Waals surface area contributed by atoms with Crippen LogP contribution in [0.25, 0.3) is 0 Å². The Labute approximate surface area is 155 Å². The molecule has 3 N–H and O–H groups in total. The molecule has 1 aromatic rings. The predicted molar refractivity (Wildman–Crippen MR) is 91.8 cm³/mol. The Hall–Kier alpha value is -1.84. The number of rotatable bonds is 4. The predicted octanol–water partition coefficient (Wildman–Crippen LogP) is 2.08. The first-order chi connectivity index (χ1) is 11.6. The topological polar surface area (TPSA) is 84.7 Å². The molecule has 146 valence electrons. The van der Waals surface area contributed by atoms with E-state index in [1.54, 1.807) is 18.2 Å². The number of ether oxygens (including phenoxy) is 1. The maximum Gasteiger partial charge on any atom is 0.471 e. The van der Waals surface area contributed by atoms with E-state index in [0.717, 1.165) is 7.05 Å². The van der Waals surface area contributed by atoms with Gasteiger partial charge in [-0.05, 0) is 30.5 Å². The number of carbonyl (C=O) groups is 2. The first kappa shape index (κ1) is 22.2. The van der Waals surface area contributed by atoms with Gasteiger partial charge < -0.3 is 20.7 Å². The number of anilines is 1. The van der Waals surface area contributed by atoms with Gasteiger partial charge in [0, 0.05) is 32.5 Å². The minimum atomic E-state index is -4.92. The van der Waals surface area contributed by atoms with E-state index in [1.165, 1.54) is 6.07 Å². The number of nitrogens with two attached hydrogens (primary N) is 1. The van der Waals surface area contributed by atoms with Crippen LogP contribution in [0.3, 0.4) is 0 Å². The lowest BCUT2D eigenvalue weighted by Gasteiger charge is -2.31. The Bertz CT molecular complexity index is 649. The summed E-state index contributed by atoms with van der Waals surface area (Å²) in [5.74, 6) is -2.29. The molecule has 10 heteroatoms. The van der Waals surface area contributed by atoms with Crippen molar-refractivity contribution in [2.45, 2.75) is 31.1 Å². The normalized spacial score (nSPS) is 16.3. The highest BCUT2D eigenvalue weighted by Gasteiger charge is 2.41. The van der Waals surface area contributed by atoms with Crippen molar-refractivity contribution in [3.05, 3.63) is 29.8 Å². The number of nitrogens with zero attached hydrogens (tertiary/aromatic N) is 1. The average molecular weight is 396 g/mol. The fraction of sp³-hybridized carbons (Fsp3) is 0.500. The molecule has 0 unspecified atom stereocenters. The summed E-state index contributed by atoms with van der Waals surface area (Å²) in [6, 6.07) is 6.28. The Morgan fingerprint density at radius 2 is 1.92 bits per heavy atom. The van der Waals surface area contributed by atoms with Gasteiger partial charge in [0.05, 0.1) is 0 Å². The van der Waals surface area contributed by atoms with Crippen LogP contribution in [0.2, 0.25) is 0 Å². The Morgan fingerprint density at radius 1 is 1.31 bits per heavy atom. The van der Waals surface area contributed by atoms with E-state index in [9.17, 15) is 22.8 Å². The molecular weight excluding hydrogens is 375 g/mol. The number of amides is 2. The van der Waals surface area contributed by atoms with Gasteiger partial charge in [0.1, 0.15) is 5.54 Å². The average Bonchev–Trinajstić information content (AvgIpc) is 2.54. The van der Waals surface area contributed by atoms with Crippen LogP contribution in [0.15, 0.2) is 24.3 Å². The molecular formula is C16H21ClF3N3O3. The number of hydrogen-bond donors (Lipinski definition) is 2. The zero-order valence-corrected chi connectivity index (χ0v) is 15.0.